The summed E-state index contributed by atoms with van der Waals surface area (Å²) in [6.45, 7) is 2.38. The van der Waals surface area contributed by atoms with Crippen LogP contribution in [0.2, 0.25) is 0 Å². The number of carbonyl (C=O) groups is 1. The molecule has 2 rings (SSSR count). The van der Waals surface area contributed by atoms with Gasteiger partial charge in [-0.3, -0.25) is 4.79 Å². The van der Waals surface area contributed by atoms with E-state index in [0.29, 0.717) is 11.5 Å². The highest BCUT2D eigenvalue weighted by atomic mass is 35.5. The molecule has 1 atom stereocenters. The van der Waals surface area contributed by atoms with Gasteiger partial charge in [-0.05, 0) is 43.6 Å². The topological polar surface area (TPSA) is 32.3 Å². The predicted molar refractivity (Wildman–Crippen MR) is 75.9 cm³/mol. The lowest BCUT2D eigenvalue weighted by molar-refractivity contribution is -0.129. The Morgan fingerprint density at radius 2 is 2.15 bits per heavy atom. The smallest absolute Gasteiger partial charge is 0.227 e. The third-order valence-electron chi connectivity index (χ3n) is 3.47. The molecule has 1 aliphatic heterocycles. The molecule has 1 amide bonds. The molecule has 112 valence electrons. The fraction of sp³-hybridized carbons (Fsp3) is 0.500. The quantitative estimate of drug-likeness (QED) is 0.923. The fourth-order valence-corrected chi connectivity index (χ4v) is 2.45. The van der Waals surface area contributed by atoms with Crippen molar-refractivity contribution in [2.24, 2.45) is 5.92 Å². The predicted octanol–water partition coefficient (Wildman–Crippen LogP) is 2.00. The Balaban J connectivity index is 0.00000200. The Hall–Kier alpha value is -1.20. The van der Waals surface area contributed by atoms with Crippen molar-refractivity contribution in [3.05, 3.63) is 35.4 Å². The molecule has 0 radical (unpaired) electrons. The van der Waals surface area contributed by atoms with Gasteiger partial charge < -0.3 is 10.2 Å². The minimum atomic E-state index is -0.903. The largest absolute Gasteiger partial charge is 0.342 e. The van der Waals surface area contributed by atoms with Gasteiger partial charge in [0.15, 0.2) is 11.6 Å². The van der Waals surface area contributed by atoms with Gasteiger partial charge in [-0.15, -0.1) is 12.4 Å². The molecule has 0 spiro atoms. The third kappa shape index (κ3) is 4.15. The van der Waals surface area contributed by atoms with Crippen molar-refractivity contribution in [3.63, 3.8) is 0 Å². The Morgan fingerprint density at radius 1 is 1.40 bits per heavy atom. The number of carbonyl (C=O) groups excluding carboxylic acids is 1. The molecule has 1 aliphatic rings. The van der Waals surface area contributed by atoms with Gasteiger partial charge in [0.1, 0.15) is 0 Å². The van der Waals surface area contributed by atoms with Crippen LogP contribution in [0.1, 0.15) is 12.0 Å². The van der Waals surface area contributed by atoms with E-state index in [0.717, 1.165) is 38.2 Å². The first-order valence-corrected chi connectivity index (χ1v) is 6.46. The first kappa shape index (κ1) is 16.9. The first-order chi connectivity index (χ1) is 9.10. The van der Waals surface area contributed by atoms with E-state index < -0.39 is 11.6 Å². The summed E-state index contributed by atoms with van der Waals surface area (Å²) in [7, 11) is 1.89. The normalized spacial score (nSPS) is 17.9. The monoisotopic (exact) mass is 304 g/mol. The van der Waals surface area contributed by atoms with Gasteiger partial charge in [-0.1, -0.05) is 6.07 Å². The van der Waals surface area contributed by atoms with Crippen molar-refractivity contribution in [3.8, 4) is 0 Å². The maximum Gasteiger partial charge on any atom is 0.227 e. The molecule has 1 fully saturated rings. The number of hydrogen-bond acceptors (Lipinski definition) is 2. The standard InChI is InChI=1S/C14H18F2N2O.ClH/c1-17-8-11-4-5-18(9-11)14(19)7-10-2-3-12(15)13(16)6-10;/h2-3,6,11,17H,4-5,7-9H2,1H3;1H. The summed E-state index contributed by atoms with van der Waals surface area (Å²) in [5, 5.41) is 3.10. The van der Waals surface area contributed by atoms with Crippen LogP contribution < -0.4 is 5.32 Å². The van der Waals surface area contributed by atoms with Crippen LogP contribution in [0.3, 0.4) is 0 Å². The van der Waals surface area contributed by atoms with E-state index in [-0.39, 0.29) is 24.7 Å². The average Bonchev–Trinajstić information content (AvgIpc) is 2.83. The molecule has 1 N–H and O–H groups in total. The van der Waals surface area contributed by atoms with Gasteiger partial charge in [-0.25, -0.2) is 8.78 Å². The highest BCUT2D eigenvalue weighted by Gasteiger charge is 2.25. The summed E-state index contributed by atoms with van der Waals surface area (Å²) in [6.07, 6.45) is 1.12. The van der Waals surface area contributed by atoms with E-state index in [1.165, 1.54) is 6.07 Å². The second kappa shape index (κ2) is 7.55. The SMILES string of the molecule is CNCC1CCN(C(=O)Cc2ccc(F)c(F)c2)C1.Cl. The lowest BCUT2D eigenvalue weighted by Gasteiger charge is -2.16. The van der Waals surface area contributed by atoms with Gasteiger partial charge in [0.25, 0.3) is 0 Å². The molecule has 3 nitrogen and oxygen atoms in total. The van der Waals surface area contributed by atoms with Crippen molar-refractivity contribution in [2.75, 3.05) is 26.7 Å². The molecule has 0 saturated carbocycles. The minimum Gasteiger partial charge on any atom is -0.342 e. The van der Waals surface area contributed by atoms with Crippen molar-refractivity contribution in [1.82, 2.24) is 10.2 Å². The molecule has 1 saturated heterocycles. The number of halogens is 3. The fourth-order valence-electron chi connectivity index (χ4n) is 2.45. The maximum atomic E-state index is 13.1. The molecule has 1 aromatic rings. The lowest BCUT2D eigenvalue weighted by Crippen LogP contribution is -2.31. The first-order valence-electron chi connectivity index (χ1n) is 6.46. The van der Waals surface area contributed by atoms with Crippen LogP contribution >= 0.6 is 12.4 Å². The molecule has 20 heavy (non-hydrogen) atoms. The molecule has 1 heterocycles. The van der Waals surface area contributed by atoms with E-state index in [4.69, 9.17) is 0 Å². The number of nitrogens with zero attached hydrogens (tertiary/aromatic N) is 1. The van der Waals surface area contributed by atoms with E-state index in [1.807, 2.05) is 7.05 Å². The Labute approximate surface area is 123 Å². The van der Waals surface area contributed by atoms with Crippen LogP contribution in [0.5, 0.6) is 0 Å². The van der Waals surface area contributed by atoms with Crippen LogP contribution in [-0.2, 0) is 11.2 Å². The number of hydrogen-bond donors (Lipinski definition) is 1. The zero-order valence-corrected chi connectivity index (χ0v) is 12.2. The molecule has 6 heteroatoms. The second-order valence-corrected chi connectivity index (χ2v) is 4.98. The summed E-state index contributed by atoms with van der Waals surface area (Å²) >= 11 is 0. The number of likely N-dealkylation sites (tertiary alicyclic amines) is 1. The van der Waals surface area contributed by atoms with Crippen LogP contribution in [0.15, 0.2) is 18.2 Å². The van der Waals surface area contributed by atoms with Crippen LogP contribution in [0.25, 0.3) is 0 Å². The van der Waals surface area contributed by atoms with Crippen molar-refractivity contribution >= 4 is 18.3 Å². The third-order valence-corrected chi connectivity index (χ3v) is 3.47. The van der Waals surface area contributed by atoms with Gasteiger partial charge in [0, 0.05) is 13.1 Å². The molecular formula is C14H19ClF2N2O. The van der Waals surface area contributed by atoms with Crippen molar-refractivity contribution in [1.29, 1.82) is 0 Å². The van der Waals surface area contributed by atoms with Crippen LogP contribution in [0.4, 0.5) is 8.78 Å². The average molecular weight is 305 g/mol. The molecule has 0 bridgehead atoms. The summed E-state index contributed by atoms with van der Waals surface area (Å²) in [5.41, 5.74) is 0.515. The zero-order chi connectivity index (χ0) is 13.8. The van der Waals surface area contributed by atoms with E-state index >= 15 is 0 Å². The van der Waals surface area contributed by atoms with Crippen LogP contribution in [-0.4, -0.2) is 37.5 Å². The Kier molecular flexibility index (Phi) is 6.36. The van der Waals surface area contributed by atoms with Crippen molar-refractivity contribution in [2.45, 2.75) is 12.8 Å². The van der Waals surface area contributed by atoms with E-state index in [9.17, 15) is 13.6 Å². The van der Waals surface area contributed by atoms with Gasteiger partial charge in [-0.2, -0.15) is 0 Å². The minimum absolute atomic E-state index is 0. The summed E-state index contributed by atoms with van der Waals surface area (Å²) < 4.78 is 25.9. The van der Waals surface area contributed by atoms with Gasteiger partial charge in [0.2, 0.25) is 5.91 Å². The number of benzene rings is 1. The summed E-state index contributed by atoms with van der Waals surface area (Å²) in [6, 6.07) is 3.61. The molecule has 1 aromatic carbocycles. The number of amides is 1. The number of rotatable bonds is 4. The second-order valence-electron chi connectivity index (χ2n) is 4.98. The van der Waals surface area contributed by atoms with Gasteiger partial charge >= 0.3 is 0 Å². The summed E-state index contributed by atoms with van der Waals surface area (Å²) in [4.78, 5) is 13.8. The van der Waals surface area contributed by atoms with E-state index in [2.05, 4.69) is 5.32 Å². The molecular weight excluding hydrogens is 286 g/mol. The number of nitrogens with one attached hydrogen (secondary N) is 1. The lowest BCUT2D eigenvalue weighted by atomic mass is 10.1. The summed E-state index contributed by atoms with van der Waals surface area (Å²) in [5.74, 6) is -1.32. The molecule has 0 aromatic heterocycles. The Bertz CT molecular complexity index is 470. The van der Waals surface area contributed by atoms with Crippen molar-refractivity contribution < 1.29 is 13.6 Å². The highest BCUT2D eigenvalue weighted by Crippen LogP contribution is 2.17. The maximum absolute atomic E-state index is 13.1. The van der Waals surface area contributed by atoms with Gasteiger partial charge in [0.05, 0.1) is 6.42 Å². The zero-order valence-electron chi connectivity index (χ0n) is 11.4. The van der Waals surface area contributed by atoms with Crippen LogP contribution in [0, 0.1) is 17.6 Å². The molecule has 1 unspecified atom stereocenters. The molecule has 0 aliphatic carbocycles. The Morgan fingerprint density at radius 3 is 2.80 bits per heavy atom. The van der Waals surface area contributed by atoms with E-state index in [1.54, 1.807) is 4.90 Å². The highest BCUT2D eigenvalue weighted by molar-refractivity contribution is 5.85.